The molecule has 2 aromatic rings. The molecule has 2 atom stereocenters. The lowest BCUT2D eigenvalue weighted by Gasteiger charge is -2.38. The molecular weight excluding hydrogens is 338 g/mol. The summed E-state index contributed by atoms with van der Waals surface area (Å²) in [6.45, 7) is 3.40. The number of halogens is 1. The predicted octanol–water partition coefficient (Wildman–Crippen LogP) is 4.73. The first-order valence-corrected chi connectivity index (χ1v) is 8.94. The van der Waals surface area contributed by atoms with E-state index < -0.39 is 0 Å². The van der Waals surface area contributed by atoms with Gasteiger partial charge in [-0.1, -0.05) is 48.0 Å². The highest BCUT2D eigenvalue weighted by atomic mass is 35.5. The molecule has 5 heteroatoms. The van der Waals surface area contributed by atoms with E-state index in [-0.39, 0.29) is 18.1 Å². The molecular formula is C20H22ClNO3. The summed E-state index contributed by atoms with van der Waals surface area (Å²) in [4.78, 5) is 13.9. The van der Waals surface area contributed by atoms with E-state index in [2.05, 4.69) is 12.1 Å². The Morgan fingerprint density at radius 3 is 2.72 bits per heavy atom. The van der Waals surface area contributed by atoms with Gasteiger partial charge in [0.15, 0.2) is 0 Å². The van der Waals surface area contributed by atoms with Crippen molar-refractivity contribution in [2.75, 3.05) is 19.7 Å². The van der Waals surface area contributed by atoms with Crippen LogP contribution in [0.4, 0.5) is 4.79 Å². The number of nitrogens with zero attached hydrogens (tertiary/aromatic N) is 1. The first-order chi connectivity index (χ1) is 12.2. The third kappa shape index (κ3) is 4.45. The Bertz CT molecular complexity index is 707. The molecule has 0 aromatic heterocycles. The molecule has 1 aliphatic rings. The van der Waals surface area contributed by atoms with E-state index in [1.807, 2.05) is 49.4 Å². The van der Waals surface area contributed by atoms with Gasteiger partial charge in [-0.15, -0.1) is 0 Å². The van der Waals surface area contributed by atoms with Crippen LogP contribution in [0.2, 0.25) is 5.02 Å². The van der Waals surface area contributed by atoms with Gasteiger partial charge in [0.25, 0.3) is 0 Å². The van der Waals surface area contributed by atoms with Crippen molar-refractivity contribution in [3.05, 3.63) is 65.2 Å². The second-order valence-electron chi connectivity index (χ2n) is 6.06. The van der Waals surface area contributed by atoms with Crippen molar-refractivity contribution < 1.29 is 14.3 Å². The summed E-state index contributed by atoms with van der Waals surface area (Å²) in [7, 11) is 0. The largest absolute Gasteiger partial charge is 0.490 e. The molecule has 0 saturated carbocycles. The summed E-state index contributed by atoms with van der Waals surface area (Å²) >= 11 is 6.07. The average Bonchev–Trinajstić information content (AvgIpc) is 2.63. The fraction of sp³-hybridized carbons (Fsp3) is 0.350. The van der Waals surface area contributed by atoms with Gasteiger partial charge in [0, 0.05) is 30.5 Å². The third-order valence-corrected chi connectivity index (χ3v) is 4.62. The van der Waals surface area contributed by atoms with Crippen molar-refractivity contribution in [2.24, 2.45) is 0 Å². The van der Waals surface area contributed by atoms with Gasteiger partial charge in [-0.2, -0.15) is 0 Å². The van der Waals surface area contributed by atoms with Crippen LogP contribution < -0.4 is 4.74 Å². The standard InChI is InChI=1S/C20H22ClNO3/c1-2-24-20(23)22-12-11-19(25-17-10-6-9-16(21)13-17)18(14-22)15-7-4-3-5-8-15/h3-10,13,18-19H,2,11-12,14H2,1H3/t18-,19+/m0/s1. The van der Waals surface area contributed by atoms with Gasteiger partial charge in [0.2, 0.25) is 0 Å². The van der Waals surface area contributed by atoms with E-state index in [0.29, 0.717) is 24.7 Å². The molecule has 132 valence electrons. The van der Waals surface area contributed by atoms with Gasteiger partial charge in [-0.3, -0.25) is 0 Å². The van der Waals surface area contributed by atoms with E-state index in [1.165, 1.54) is 0 Å². The van der Waals surface area contributed by atoms with Gasteiger partial charge >= 0.3 is 6.09 Å². The van der Waals surface area contributed by atoms with E-state index in [9.17, 15) is 4.79 Å². The van der Waals surface area contributed by atoms with Crippen LogP contribution in [0.5, 0.6) is 5.75 Å². The number of likely N-dealkylation sites (tertiary alicyclic amines) is 1. The van der Waals surface area contributed by atoms with Gasteiger partial charge in [0.05, 0.1) is 6.61 Å². The lowest BCUT2D eigenvalue weighted by Crippen LogP contribution is -2.47. The van der Waals surface area contributed by atoms with Crippen LogP contribution in [0.15, 0.2) is 54.6 Å². The Morgan fingerprint density at radius 2 is 2.00 bits per heavy atom. The number of hydrogen-bond donors (Lipinski definition) is 0. The van der Waals surface area contributed by atoms with Crippen molar-refractivity contribution in [1.82, 2.24) is 4.90 Å². The summed E-state index contributed by atoms with van der Waals surface area (Å²) in [5.41, 5.74) is 1.16. The zero-order valence-electron chi connectivity index (χ0n) is 14.2. The monoisotopic (exact) mass is 359 g/mol. The van der Waals surface area contributed by atoms with Crippen molar-refractivity contribution in [3.63, 3.8) is 0 Å². The topological polar surface area (TPSA) is 38.8 Å². The van der Waals surface area contributed by atoms with Gasteiger partial charge in [-0.25, -0.2) is 4.79 Å². The minimum Gasteiger partial charge on any atom is -0.490 e. The molecule has 0 radical (unpaired) electrons. The smallest absolute Gasteiger partial charge is 0.409 e. The van der Waals surface area contributed by atoms with E-state index >= 15 is 0 Å². The fourth-order valence-electron chi connectivity index (χ4n) is 3.19. The molecule has 1 aliphatic heterocycles. The molecule has 0 N–H and O–H groups in total. The summed E-state index contributed by atoms with van der Waals surface area (Å²) in [6, 6.07) is 17.6. The first-order valence-electron chi connectivity index (χ1n) is 8.56. The van der Waals surface area contributed by atoms with Crippen molar-refractivity contribution >= 4 is 17.7 Å². The number of rotatable bonds is 4. The third-order valence-electron chi connectivity index (χ3n) is 4.39. The minimum absolute atomic E-state index is 0.0217. The SMILES string of the molecule is CCOC(=O)N1CC[C@@H](Oc2cccc(Cl)c2)[C@H](c2ccccc2)C1. The Hall–Kier alpha value is -2.20. The normalized spacial score (nSPS) is 20.2. The zero-order valence-corrected chi connectivity index (χ0v) is 15.0. The van der Waals surface area contributed by atoms with Crippen molar-refractivity contribution in [3.8, 4) is 5.75 Å². The fourth-order valence-corrected chi connectivity index (χ4v) is 3.37. The molecule has 3 rings (SSSR count). The minimum atomic E-state index is -0.260. The average molecular weight is 360 g/mol. The Kier molecular flexibility index (Phi) is 5.82. The van der Waals surface area contributed by atoms with E-state index in [4.69, 9.17) is 21.1 Å². The maximum Gasteiger partial charge on any atom is 0.409 e. The molecule has 0 aliphatic carbocycles. The number of ether oxygens (including phenoxy) is 2. The number of piperidine rings is 1. The second kappa shape index (κ2) is 8.26. The Morgan fingerprint density at radius 1 is 1.20 bits per heavy atom. The van der Waals surface area contributed by atoms with Crippen molar-refractivity contribution in [2.45, 2.75) is 25.4 Å². The van der Waals surface area contributed by atoms with Crippen LogP contribution in [-0.2, 0) is 4.74 Å². The highest BCUT2D eigenvalue weighted by Gasteiger charge is 2.34. The summed E-state index contributed by atoms with van der Waals surface area (Å²) in [5, 5.41) is 0.651. The lowest BCUT2D eigenvalue weighted by molar-refractivity contribution is 0.0574. The van der Waals surface area contributed by atoms with Gasteiger partial charge < -0.3 is 14.4 Å². The molecule has 1 amide bonds. The summed E-state index contributed by atoms with van der Waals surface area (Å²) in [5.74, 6) is 0.835. The number of carbonyl (C=O) groups is 1. The quantitative estimate of drug-likeness (QED) is 0.791. The van der Waals surface area contributed by atoms with Crippen molar-refractivity contribution in [1.29, 1.82) is 0 Å². The number of hydrogen-bond acceptors (Lipinski definition) is 3. The molecule has 1 heterocycles. The summed E-state index contributed by atoms with van der Waals surface area (Å²) in [6.07, 6.45) is 0.460. The molecule has 25 heavy (non-hydrogen) atoms. The lowest BCUT2D eigenvalue weighted by atomic mass is 9.88. The predicted molar refractivity (Wildman–Crippen MR) is 98.3 cm³/mol. The first kappa shape index (κ1) is 17.6. The molecule has 2 aromatic carbocycles. The molecule has 4 nitrogen and oxygen atoms in total. The van der Waals surface area contributed by atoms with Gasteiger partial charge in [0.1, 0.15) is 11.9 Å². The van der Waals surface area contributed by atoms with Crippen LogP contribution in [0.25, 0.3) is 0 Å². The number of amides is 1. The Balaban J connectivity index is 1.80. The van der Waals surface area contributed by atoms with Crippen LogP contribution in [0.3, 0.4) is 0 Å². The van der Waals surface area contributed by atoms with E-state index in [1.54, 1.807) is 4.90 Å². The van der Waals surface area contributed by atoms with Crippen LogP contribution in [0.1, 0.15) is 24.8 Å². The zero-order chi connectivity index (χ0) is 17.6. The molecule has 0 unspecified atom stereocenters. The summed E-state index contributed by atoms with van der Waals surface area (Å²) < 4.78 is 11.4. The van der Waals surface area contributed by atoms with Crippen LogP contribution in [-0.4, -0.2) is 36.8 Å². The molecule has 1 saturated heterocycles. The molecule has 0 spiro atoms. The highest BCUT2D eigenvalue weighted by Crippen LogP contribution is 2.31. The highest BCUT2D eigenvalue weighted by molar-refractivity contribution is 6.30. The second-order valence-corrected chi connectivity index (χ2v) is 6.50. The molecule has 1 fully saturated rings. The molecule has 0 bridgehead atoms. The maximum absolute atomic E-state index is 12.1. The van der Waals surface area contributed by atoms with E-state index in [0.717, 1.165) is 17.7 Å². The Labute approximate surface area is 153 Å². The maximum atomic E-state index is 12.1. The van der Waals surface area contributed by atoms with Crippen LogP contribution in [0, 0.1) is 0 Å². The van der Waals surface area contributed by atoms with Gasteiger partial charge in [-0.05, 0) is 30.7 Å². The number of carbonyl (C=O) groups excluding carboxylic acids is 1. The number of benzene rings is 2. The van der Waals surface area contributed by atoms with Crippen LogP contribution >= 0.6 is 11.6 Å².